The van der Waals surface area contributed by atoms with Crippen molar-refractivity contribution in [2.75, 3.05) is 5.32 Å². The molecule has 1 aromatic heterocycles. The van der Waals surface area contributed by atoms with Gasteiger partial charge in [0.05, 0.1) is 12.2 Å². The second kappa shape index (κ2) is 6.35. The molecule has 1 saturated heterocycles. The lowest BCUT2D eigenvalue weighted by atomic mass is 9.88. The molecule has 6 heteroatoms. The van der Waals surface area contributed by atoms with Crippen molar-refractivity contribution in [1.29, 1.82) is 0 Å². The summed E-state index contributed by atoms with van der Waals surface area (Å²) in [5.74, 6) is 0.499. The van der Waals surface area contributed by atoms with Crippen molar-refractivity contribution in [3.8, 4) is 0 Å². The Morgan fingerprint density at radius 1 is 1.28 bits per heavy atom. The maximum absolute atomic E-state index is 12.5. The zero-order valence-electron chi connectivity index (χ0n) is 14.3. The van der Waals surface area contributed by atoms with Crippen LogP contribution in [0.3, 0.4) is 0 Å². The van der Waals surface area contributed by atoms with Crippen LogP contribution >= 0.6 is 0 Å². The summed E-state index contributed by atoms with van der Waals surface area (Å²) in [6.45, 7) is 1.95. The van der Waals surface area contributed by atoms with Crippen LogP contribution in [0.1, 0.15) is 48.4 Å². The normalized spacial score (nSPS) is 22.4. The summed E-state index contributed by atoms with van der Waals surface area (Å²) in [6, 6.07) is 8.13. The second-order valence-electron chi connectivity index (χ2n) is 6.88. The summed E-state index contributed by atoms with van der Waals surface area (Å²) >= 11 is 0. The number of carbonyl (C=O) groups excluding carboxylic acids is 2. The number of hydrogen-bond acceptors (Lipinski definition) is 3. The van der Waals surface area contributed by atoms with Crippen LogP contribution < -0.4 is 10.6 Å². The Balaban J connectivity index is 1.62. The van der Waals surface area contributed by atoms with Gasteiger partial charge in [0.25, 0.3) is 0 Å². The Morgan fingerprint density at radius 3 is 2.92 bits per heavy atom. The molecule has 2 N–H and O–H groups in total. The average molecular weight is 338 g/mol. The molecule has 0 radical (unpaired) electrons. The molecular formula is C19H22N4O2. The van der Waals surface area contributed by atoms with Crippen LogP contribution in [0, 0.1) is 6.92 Å². The Bertz CT molecular complexity index is 827. The highest BCUT2D eigenvalue weighted by Crippen LogP contribution is 2.35. The molecule has 0 spiro atoms. The lowest BCUT2D eigenvalue weighted by molar-refractivity contribution is -0.122. The van der Waals surface area contributed by atoms with Gasteiger partial charge in [-0.3, -0.25) is 9.59 Å². The van der Waals surface area contributed by atoms with E-state index >= 15 is 0 Å². The van der Waals surface area contributed by atoms with E-state index in [1.165, 1.54) is 11.1 Å². The SMILES string of the molecule is Cc1cnn([C@@H]2CCCc3ccccc32)c1NC(=O)[C@H]1CCC(=O)N1. The minimum Gasteiger partial charge on any atom is -0.344 e. The first-order valence-corrected chi connectivity index (χ1v) is 8.85. The number of nitrogens with zero attached hydrogens (tertiary/aromatic N) is 2. The molecule has 1 aliphatic heterocycles. The van der Waals surface area contributed by atoms with Gasteiger partial charge in [-0.15, -0.1) is 0 Å². The van der Waals surface area contributed by atoms with Gasteiger partial charge < -0.3 is 10.6 Å². The minimum absolute atomic E-state index is 0.0633. The number of carbonyl (C=O) groups is 2. The van der Waals surface area contributed by atoms with Crippen molar-refractivity contribution < 1.29 is 9.59 Å². The quantitative estimate of drug-likeness (QED) is 0.902. The second-order valence-corrected chi connectivity index (χ2v) is 6.88. The first-order valence-electron chi connectivity index (χ1n) is 8.85. The zero-order valence-corrected chi connectivity index (χ0v) is 14.3. The minimum atomic E-state index is -0.450. The molecule has 2 amide bonds. The molecule has 4 rings (SSSR count). The predicted octanol–water partition coefficient (Wildman–Crippen LogP) is 2.33. The third-order valence-electron chi connectivity index (χ3n) is 5.16. The first kappa shape index (κ1) is 15.9. The summed E-state index contributed by atoms with van der Waals surface area (Å²) in [4.78, 5) is 23.9. The summed E-state index contributed by atoms with van der Waals surface area (Å²) in [6.07, 6.45) is 5.94. The summed E-state index contributed by atoms with van der Waals surface area (Å²) in [5, 5.41) is 10.3. The molecule has 1 aromatic carbocycles. The van der Waals surface area contributed by atoms with Crippen LogP contribution in [0.25, 0.3) is 0 Å². The largest absolute Gasteiger partial charge is 0.344 e. The van der Waals surface area contributed by atoms with E-state index in [-0.39, 0.29) is 17.9 Å². The van der Waals surface area contributed by atoms with Gasteiger partial charge in [0, 0.05) is 12.0 Å². The molecule has 0 bridgehead atoms. The number of rotatable bonds is 3. The maximum atomic E-state index is 12.5. The van der Waals surface area contributed by atoms with E-state index in [4.69, 9.17) is 0 Å². The first-order chi connectivity index (χ1) is 12.1. The number of aromatic nitrogens is 2. The average Bonchev–Trinajstić information content (AvgIpc) is 3.21. The van der Waals surface area contributed by atoms with Crippen LogP contribution in [-0.4, -0.2) is 27.6 Å². The molecule has 1 fully saturated rings. The van der Waals surface area contributed by atoms with Crippen molar-refractivity contribution in [3.05, 3.63) is 47.2 Å². The molecule has 2 heterocycles. The van der Waals surface area contributed by atoms with Gasteiger partial charge in [-0.25, -0.2) is 4.68 Å². The van der Waals surface area contributed by atoms with E-state index in [0.717, 1.165) is 30.6 Å². The fourth-order valence-corrected chi connectivity index (χ4v) is 3.84. The predicted molar refractivity (Wildman–Crippen MR) is 94.3 cm³/mol. The molecule has 0 unspecified atom stereocenters. The van der Waals surface area contributed by atoms with Gasteiger partial charge in [-0.2, -0.15) is 5.10 Å². The van der Waals surface area contributed by atoms with Gasteiger partial charge in [0.15, 0.2) is 0 Å². The number of aryl methyl sites for hydroxylation is 2. The molecule has 25 heavy (non-hydrogen) atoms. The van der Waals surface area contributed by atoms with Gasteiger partial charge in [0.1, 0.15) is 11.9 Å². The Hall–Kier alpha value is -2.63. The summed E-state index contributed by atoms with van der Waals surface area (Å²) < 4.78 is 1.93. The highest BCUT2D eigenvalue weighted by Gasteiger charge is 2.30. The van der Waals surface area contributed by atoms with E-state index < -0.39 is 6.04 Å². The van der Waals surface area contributed by atoms with E-state index in [0.29, 0.717) is 12.8 Å². The van der Waals surface area contributed by atoms with Crippen molar-refractivity contribution in [3.63, 3.8) is 0 Å². The maximum Gasteiger partial charge on any atom is 0.248 e. The van der Waals surface area contributed by atoms with Crippen molar-refractivity contribution in [1.82, 2.24) is 15.1 Å². The third-order valence-corrected chi connectivity index (χ3v) is 5.16. The smallest absolute Gasteiger partial charge is 0.248 e. The van der Waals surface area contributed by atoms with Crippen molar-refractivity contribution in [2.24, 2.45) is 0 Å². The van der Waals surface area contributed by atoms with E-state index in [1.54, 1.807) is 6.20 Å². The van der Waals surface area contributed by atoms with Crippen LogP contribution in [0.5, 0.6) is 0 Å². The van der Waals surface area contributed by atoms with E-state index in [1.807, 2.05) is 11.6 Å². The van der Waals surface area contributed by atoms with Gasteiger partial charge >= 0.3 is 0 Å². The van der Waals surface area contributed by atoms with Crippen LogP contribution in [-0.2, 0) is 16.0 Å². The van der Waals surface area contributed by atoms with Crippen molar-refractivity contribution >= 4 is 17.6 Å². The number of nitrogens with one attached hydrogen (secondary N) is 2. The highest BCUT2D eigenvalue weighted by atomic mass is 16.2. The summed E-state index contributed by atoms with van der Waals surface area (Å²) in [7, 11) is 0. The third kappa shape index (κ3) is 2.92. The van der Waals surface area contributed by atoms with E-state index in [9.17, 15) is 9.59 Å². The molecular weight excluding hydrogens is 316 g/mol. The monoisotopic (exact) mass is 338 g/mol. The van der Waals surface area contributed by atoms with Gasteiger partial charge in [-0.1, -0.05) is 24.3 Å². The number of amides is 2. The molecule has 6 nitrogen and oxygen atoms in total. The topological polar surface area (TPSA) is 76.0 Å². The molecule has 1 aliphatic carbocycles. The van der Waals surface area contributed by atoms with Crippen LogP contribution in [0.4, 0.5) is 5.82 Å². The zero-order chi connectivity index (χ0) is 17.4. The van der Waals surface area contributed by atoms with Gasteiger partial charge in [-0.05, 0) is 43.7 Å². The van der Waals surface area contributed by atoms with Crippen LogP contribution in [0.15, 0.2) is 30.5 Å². The number of benzene rings is 1. The number of anilines is 1. The Kier molecular flexibility index (Phi) is 4.03. The molecule has 0 saturated carbocycles. The summed E-state index contributed by atoms with van der Waals surface area (Å²) in [5.41, 5.74) is 3.56. The Morgan fingerprint density at radius 2 is 2.12 bits per heavy atom. The van der Waals surface area contributed by atoms with Gasteiger partial charge in [0.2, 0.25) is 11.8 Å². The lowest BCUT2D eigenvalue weighted by Gasteiger charge is -2.27. The van der Waals surface area contributed by atoms with Crippen molar-refractivity contribution in [2.45, 2.75) is 51.1 Å². The fraction of sp³-hybridized carbons (Fsp3) is 0.421. The number of fused-ring (bicyclic) bond motifs is 1. The standard InChI is InChI=1S/C19H22N4O2/c1-12-11-20-23(16-8-4-6-13-5-2-3-7-14(13)16)18(12)22-19(25)15-9-10-17(24)21-15/h2-3,5,7,11,15-16H,4,6,8-10H2,1H3,(H,21,24)(H,22,25)/t15-,16-/m1/s1. The fourth-order valence-electron chi connectivity index (χ4n) is 3.84. The Labute approximate surface area is 146 Å². The highest BCUT2D eigenvalue weighted by molar-refractivity contribution is 5.98. The van der Waals surface area contributed by atoms with E-state index in [2.05, 4.69) is 40.0 Å². The molecule has 2 aliphatic rings. The molecule has 2 aromatic rings. The van der Waals surface area contributed by atoms with Crippen LogP contribution in [0.2, 0.25) is 0 Å². The lowest BCUT2D eigenvalue weighted by Crippen LogP contribution is -2.38. The number of hydrogen-bond donors (Lipinski definition) is 2. The molecule has 2 atom stereocenters. The molecule has 130 valence electrons.